The van der Waals surface area contributed by atoms with E-state index in [1.54, 1.807) is 12.1 Å². The highest BCUT2D eigenvalue weighted by Gasteiger charge is 2.33. The number of hydrogen-bond donors (Lipinski definition) is 2. The van der Waals surface area contributed by atoms with Crippen molar-refractivity contribution in [2.45, 2.75) is 45.8 Å². The van der Waals surface area contributed by atoms with Crippen LogP contribution in [0.1, 0.15) is 26.6 Å². The molecular formula is C19H24N4O4. The molecular weight excluding hydrogens is 348 g/mol. The molecule has 1 fully saturated rings. The Morgan fingerprint density at radius 3 is 2.89 bits per heavy atom. The van der Waals surface area contributed by atoms with Gasteiger partial charge >= 0.3 is 0 Å². The summed E-state index contributed by atoms with van der Waals surface area (Å²) < 4.78 is 19.4. The Balaban J connectivity index is 1.88. The van der Waals surface area contributed by atoms with Crippen LogP contribution >= 0.6 is 0 Å². The molecule has 27 heavy (non-hydrogen) atoms. The summed E-state index contributed by atoms with van der Waals surface area (Å²) in [4.78, 5) is 9.09. The number of aromatic nitrogens is 3. The van der Waals surface area contributed by atoms with Crippen LogP contribution in [-0.4, -0.2) is 44.7 Å². The summed E-state index contributed by atoms with van der Waals surface area (Å²) in [5.74, 6) is 0.622. The minimum atomic E-state index is -0.602. The molecule has 0 amide bonds. The number of ether oxygens (including phenoxy) is 3. The molecule has 1 saturated heterocycles. The van der Waals surface area contributed by atoms with E-state index in [1.807, 2.05) is 26.8 Å². The van der Waals surface area contributed by atoms with Gasteiger partial charge in [-0.3, -0.25) is 0 Å². The van der Waals surface area contributed by atoms with Crippen LogP contribution < -0.4 is 5.73 Å². The molecule has 0 bridgehead atoms. The van der Waals surface area contributed by atoms with Gasteiger partial charge in [-0.25, -0.2) is 9.97 Å². The summed E-state index contributed by atoms with van der Waals surface area (Å²) in [5.41, 5.74) is 8.28. The van der Waals surface area contributed by atoms with Crippen LogP contribution in [0.3, 0.4) is 0 Å². The monoisotopic (exact) mass is 372 g/mol. The predicted octanol–water partition coefficient (Wildman–Crippen LogP) is 2.56. The van der Waals surface area contributed by atoms with Crippen LogP contribution in [0.5, 0.6) is 5.75 Å². The molecule has 8 heteroatoms. The number of rotatable bonds is 5. The summed E-state index contributed by atoms with van der Waals surface area (Å²) in [6.07, 6.45) is -0.112. The summed E-state index contributed by atoms with van der Waals surface area (Å²) in [6.45, 7) is 7.75. The van der Waals surface area contributed by atoms with Crippen LogP contribution in [0.15, 0.2) is 18.2 Å². The topological polar surface area (TPSA) is 105 Å². The normalized spacial score (nSPS) is 19.3. The largest absolute Gasteiger partial charge is 0.508 e. The van der Waals surface area contributed by atoms with E-state index in [0.717, 1.165) is 16.7 Å². The standard InChI is InChI=1S/C19H24N4O4/c1-4-25-10-15-22-16-17(23(15)8-12-9-26-19(2,3)27-12)13-6-5-11(24)7-14(13)21-18(16)20/h5-7,12,24H,4,8-10H2,1-3H3,(H2,20,21). The first-order valence-corrected chi connectivity index (χ1v) is 9.05. The SMILES string of the molecule is CCOCc1nc2c(N)nc3cc(O)ccc3c2n1CC1COC(C)(C)O1. The second kappa shape index (κ2) is 6.63. The molecule has 1 aliphatic rings. The second-order valence-electron chi connectivity index (χ2n) is 7.12. The highest BCUT2D eigenvalue weighted by Crippen LogP contribution is 2.32. The lowest BCUT2D eigenvalue weighted by Crippen LogP contribution is -2.25. The molecule has 0 spiro atoms. The Bertz CT molecular complexity index is 998. The molecule has 4 rings (SSSR count). The van der Waals surface area contributed by atoms with Crippen LogP contribution in [0.25, 0.3) is 21.9 Å². The average Bonchev–Trinajstić information content (AvgIpc) is 3.14. The number of phenols is 1. The third-order valence-electron chi connectivity index (χ3n) is 4.66. The van der Waals surface area contributed by atoms with Gasteiger partial charge < -0.3 is 29.6 Å². The number of anilines is 1. The maximum Gasteiger partial charge on any atom is 0.163 e. The molecule has 1 unspecified atom stereocenters. The van der Waals surface area contributed by atoms with E-state index in [1.165, 1.54) is 0 Å². The lowest BCUT2D eigenvalue weighted by molar-refractivity contribution is -0.139. The zero-order valence-electron chi connectivity index (χ0n) is 15.7. The van der Waals surface area contributed by atoms with E-state index in [-0.39, 0.29) is 11.9 Å². The summed E-state index contributed by atoms with van der Waals surface area (Å²) in [5, 5.41) is 10.7. The van der Waals surface area contributed by atoms with Gasteiger partial charge in [0.1, 0.15) is 29.8 Å². The van der Waals surface area contributed by atoms with Crippen molar-refractivity contribution in [2.24, 2.45) is 0 Å². The minimum absolute atomic E-state index is 0.112. The minimum Gasteiger partial charge on any atom is -0.508 e. The number of phenolic OH excluding ortho intramolecular Hbond substituents is 1. The van der Waals surface area contributed by atoms with Crippen molar-refractivity contribution in [1.29, 1.82) is 0 Å². The van der Waals surface area contributed by atoms with Crippen molar-refractivity contribution in [2.75, 3.05) is 18.9 Å². The zero-order valence-corrected chi connectivity index (χ0v) is 15.7. The molecule has 1 atom stereocenters. The maximum absolute atomic E-state index is 9.81. The lowest BCUT2D eigenvalue weighted by atomic mass is 10.1. The summed E-state index contributed by atoms with van der Waals surface area (Å²) >= 11 is 0. The molecule has 1 aromatic carbocycles. The molecule has 1 aliphatic heterocycles. The van der Waals surface area contributed by atoms with E-state index in [0.29, 0.717) is 43.2 Å². The molecule has 0 aliphatic carbocycles. The van der Waals surface area contributed by atoms with Crippen molar-refractivity contribution in [3.8, 4) is 5.75 Å². The van der Waals surface area contributed by atoms with Crippen LogP contribution in [0.4, 0.5) is 5.82 Å². The number of hydrogen-bond acceptors (Lipinski definition) is 7. The van der Waals surface area contributed by atoms with Gasteiger partial charge in [0.05, 0.1) is 24.2 Å². The van der Waals surface area contributed by atoms with Crippen molar-refractivity contribution < 1.29 is 19.3 Å². The first kappa shape index (κ1) is 18.0. The van der Waals surface area contributed by atoms with Crippen molar-refractivity contribution >= 4 is 27.8 Å². The van der Waals surface area contributed by atoms with Gasteiger partial charge in [-0.2, -0.15) is 0 Å². The number of imidazole rings is 1. The van der Waals surface area contributed by atoms with E-state index in [4.69, 9.17) is 24.9 Å². The van der Waals surface area contributed by atoms with Gasteiger partial charge in [-0.15, -0.1) is 0 Å². The molecule has 3 aromatic rings. The highest BCUT2D eigenvalue weighted by molar-refractivity contribution is 6.06. The predicted molar refractivity (Wildman–Crippen MR) is 101 cm³/mol. The molecule has 0 radical (unpaired) electrons. The van der Waals surface area contributed by atoms with E-state index in [2.05, 4.69) is 9.55 Å². The number of nitrogens with two attached hydrogens (primary N) is 1. The summed E-state index contributed by atoms with van der Waals surface area (Å²) in [6, 6.07) is 5.07. The average molecular weight is 372 g/mol. The fourth-order valence-electron chi connectivity index (χ4n) is 3.50. The van der Waals surface area contributed by atoms with Crippen molar-refractivity contribution in [3.05, 3.63) is 24.0 Å². The molecule has 144 valence electrons. The Hall–Kier alpha value is -2.42. The van der Waals surface area contributed by atoms with E-state index < -0.39 is 5.79 Å². The lowest BCUT2D eigenvalue weighted by Gasteiger charge is -2.18. The second-order valence-corrected chi connectivity index (χ2v) is 7.12. The third kappa shape index (κ3) is 3.31. The van der Waals surface area contributed by atoms with Gasteiger partial charge in [0.25, 0.3) is 0 Å². The van der Waals surface area contributed by atoms with Crippen molar-refractivity contribution in [1.82, 2.24) is 14.5 Å². The van der Waals surface area contributed by atoms with Gasteiger partial charge in [0.15, 0.2) is 11.6 Å². The number of nitrogens with zero attached hydrogens (tertiary/aromatic N) is 3. The number of aromatic hydroxyl groups is 1. The Labute approximate surface area is 156 Å². The van der Waals surface area contributed by atoms with Crippen LogP contribution in [0.2, 0.25) is 0 Å². The number of pyridine rings is 1. The number of fused-ring (bicyclic) bond motifs is 3. The Morgan fingerprint density at radius 1 is 1.37 bits per heavy atom. The maximum atomic E-state index is 9.81. The van der Waals surface area contributed by atoms with Crippen molar-refractivity contribution in [3.63, 3.8) is 0 Å². The van der Waals surface area contributed by atoms with Gasteiger partial charge in [-0.05, 0) is 32.9 Å². The number of benzene rings is 1. The number of nitrogen functional groups attached to an aromatic ring is 1. The molecule has 3 heterocycles. The van der Waals surface area contributed by atoms with Gasteiger partial charge in [0.2, 0.25) is 0 Å². The first-order valence-electron chi connectivity index (χ1n) is 9.05. The fraction of sp³-hybridized carbons (Fsp3) is 0.474. The molecule has 8 nitrogen and oxygen atoms in total. The summed E-state index contributed by atoms with van der Waals surface area (Å²) in [7, 11) is 0. The zero-order chi connectivity index (χ0) is 19.2. The molecule has 3 N–H and O–H groups in total. The first-order chi connectivity index (χ1) is 12.9. The van der Waals surface area contributed by atoms with Gasteiger partial charge in [-0.1, -0.05) is 0 Å². The van der Waals surface area contributed by atoms with Crippen LogP contribution in [-0.2, 0) is 27.4 Å². The quantitative estimate of drug-likeness (QED) is 0.709. The third-order valence-corrected chi connectivity index (χ3v) is 4.66. The fourth-order valence-corrected chi connectivity index (χ4v) is 3.50. The van der Waals surface area contributed by atoms with Gasteiger partial charge in [0, 0.05) is 18.1 Å². The smallest absolute Gasteiger partial charge is 0.163 e. The highest BCUT2D eigenvalue weighted by atomic mass is 16.7. The molecule has 2 aromatic heterocycles. The van der Waals surface area contributed by atoms with E-state index >= 15 is 0 Å². The van der Waals surface area contributed by atoms with Crippen LogP contribution in [0, 0.1) is 0 Å². The Morgan fingerprint density at radius 2 is 2.19 bits per heavy atom. The molecule has 0 saturated carbocycles. The van der Waals surface area contributed by atoms with E-state index in [9.17, 15) is 5.11 Å². The Kier molecular flexibility index (Phi) is 4.41.